The van der Waals surface area contributed by atoms with E-state index in [2.05, 4.69) is 5.32 Å². The fourth-order valence-corrected chi connectivity index (χ4v) is 6.10. The summed E-state index contributed by atoms with van der Waals surface area (Å²) in [7, 11) is 0. The number of nitrogens with one attached hydrogen (secondary N) is 1. The van der Waals surface area contributed by atoms with Crippen molar-refractivity contribution in [2.24, 2.45) is 17.3 Å². The molecule has 5 aliphatic rings. The number of amides is 1. The predicted molar refractivity (Wildman–Crippen MR) is 91.2 cm³/mol. The maximum absolute atomic E-state index is 13.2. The Labute approximate surface area is 147 Å². The largest absolute Gasteiger partial charge is 0.454 e. The van der Waals surface area contributed by atoms with Gasteiger partial charge in [-0.3, -0.25) is 4.79 Å². The van der Waals surface area contributed by atoms with Crippen molar-refractivity contribution < 1.29 is 19.4 Å². The fourth-order valence-electron chi connectivity index (χ4n) is 6.10. The summed E-state index contributed by atoms with van der Waals surface area (Å²) in [5.74, 6) is 2.63. The maximum Gasteiger partial charge on any atom is 0.231 e. The van der Waals surface area contributed by atoms with Crippen LogP contribution in [0.4, 0.5) is 0 Å². The van der Waals surface area contributed by atoms with Crippen molar-refractivity contribution in [2.75, 3.05) is 6.79 Å². The monoisotopic (exact) mass is 343 g/mol. The van der Waals surface area contributed by atoms with E-state index in [-0.39, 0.29) is 24.2 Å². The highest BCUT2D eigenvalue weighted by Crippen LogP contribution is 2.61. The van der Waals surface area contributed by atoms with Crippen LogP contribution >= 0.6 is 0 Å². The normalized spacial score (nSPS) is 38.6. The van der Waals surface area contributed by atoms with E-state index in [1.54, 1.807) is 0 Å². The Kier molecular flexibility index (Phi) is 3.18. The number of hydrogen-bond donors (Lipinski definition) is 2. The summed E-state index contributed by atoms with van der Waals surface area (Å²) in [5, 5.41) is 14.1. The summed E-state index contributed by atoms with van der Waals surface area (Å²) in [5.41, 5.74) is 0.0355. The zero-order valence-corrected chi connectivity index (χ0v) is 14.6. The van der Waals surface area contributed by atoms with Crippen LogP contribution in [0.25, 0.3) is 0 Å². The number of aliphatic hydroxyl groups is 1. The minimum Gasteiger partial charge on any atom is -0.454 e. The first-order valence-corrected chi connectivity index (χ1v) is 9.38. The Morgan fingerprint density at radius 2 is 1.92 bits per heavy atom. The number of rotatable bonds is 3. The van der Waals surface area contributed by atoms with Crippen molar-refractivity contribution in [1.29, 1.82) is 0 Å². The van der Waals surface area contributed by atoms with Crippen molar-refractivity contribution in [3.63, 3.8) is 0 Å². The van der Waals surface area contributed by atoms with E-state index >= 15 is 0 Å². The van der Waals surface area contributed by atoms with Crippen LogP contribution in [0.1, 0.15) is 57.1 Å². The quantitative estimate of drug-likeness (QED) is 0.885. The molecular formula is C20H25NO4. The van der Waals surface area contributed by atoms with Crippen molar-refractivity contribution >= 4 is 5.91 Å². The molecule has 4 aliphatic carbocycles. The van der Waals surface area contributed by atoms with Crippen molar-refractivity contribution in [3.8, 4) is 11.5 Å². The van der Waals surface area contributed by atoms with Gasteiger partial charge in [0, 0.05) is 0 Å². The average Bonchev–Trinajstić information content (AvgIpc) is 2.99. The molecule has 0 saturated heterocycles. The fraction of sp³-hybridized carbons (Fsp3) is 0.650. The molecule has 25 heavy (non-hydrogen) atoms. The van der Waals surface area contributed by atoms with E-state index in [0.717, 1.165) is 42.7 Å². The number of fused-ring (bicyclic) bond motifs is 1. The van der Waals surface area contributed by atoms with Crippen LogP contribution in [0.2, 0.25) is 0 Å². The highest BCUT2D eigenvalue weighted by molar-refractivity contribution is 5.83. The first-order valence-electron chi connectivity index (χ1n) is 9.38. The summed E-state index contributed by atoms with van der Waals surface area (Å²) < 4.78 is 10.8. The van der Waals surface area contributed by atoms with Gasteiger partial charge in [-0.2, -0.15) is 0 Å². The van der Waals surface area contributed by atoms with Crippen LogP contribution in [0.3, 0.4) is 0 Å². The number of carbonyl (C=O) groups is 1. The smallest absolute Gasteiger partial charge is 0.231 e. The zero-order valence-electron chi connectivity index (χ0n) is 14.6. The number of carbonyl (C=O) groups excluding carboxylic acids is 1. The van der Waals surface area contributed by atoms with Gasteiger partial charge < -0.3 is 19.9 Å². The molecule has 1 aromatic carbocycles. The van der Waals surface area contributed by atoms with Gasteiger partial charge in [-0.05, 0) is 75.0 Å². The Bertz CT molecular complexity index is 716. The molecule has 1 aliphatic heterocycles. The Balaban J connectivity index is 1.35. The van der Waals surface area contributed by atoms with Crippen LogP contribution in [0.15, 0.2) is 18.2 Å². The highest BCUT2D eigenvalue weighted by atomic mass is 16.7. The number of benzene rings is 1. The molecule has 134 valence electrons. The van der Waals surface area contributed by atoms with E-state index in [0.29, 0.717) is 18.3 Å². The van der Waals surface area contributed by atoms with Gasteiger partial charge in [-0.15, -0.1) is 0 Å². The molecule has 5 nitrogen and oxygen atoms in total. The van der Waals surface area contributed by atoms with Gasteiger partial charge in [-0.1, -0.05) is 6.07 Å². The summed E-state index contributed by atoms with van der Waals surface area (Å²) in [6.07, 6.45) is 5.46. The molecule has 1 amide bonds. The predicted octanol–water partition coefficient (Wildman–Crippen LogP) is 2.92. The second kappa shape index (κ2) is 5.13. The SMILES string of the molecule is C[C@@H](NC(=O)C12C[C@H]3C[C@@H](CC(O)(C3)C1)C2)c1ccc2c(c1)OCO2. The topological polar surface area (TPSA) is 67.8 Å². The lowest BCUT2D eigenvalue weighted by molar-refractivity contribution is -0.178. The minimum atomic E-state index is -0.608. The first kappa shape index (κ1) is 15.5. The molecule has 0 spiro atoms. The minimum absolute atomic E-state index is 0.0929. The van der Waals surface area contributed by atoms with Crippen LogP contribution in [0, 0.1) is 17.3 Å². The molecule has 4 bridgehead atoms. The lowest BCUT2D eigenvalue weighted by Gasteiger charge is -2.59. The van der Waals surface area contributed by atoms with Crippen LogP contribution in [0.5, 0.6) is 11.5 Å². The molecule has 2 N–H and O–H groups in total. The standard InChI is InChI=1S/C20H25NO4/c1-12(15-2-3-16-17(5-15)25-11-24-16)21-18(22)19-6-13-4-14(7-19)9-20(23,8-13)10-19/h2-3,5,12-14,23H,4,6-11H2,1H3,(H,21,22)/t12-,13-,14-,19?,20?/m1/s1. The third-order valence-electron chi connectivity index (χ3n) is 6.76. The van der Waals surface area contributed by atoms with Gasteiger partial charge in [0.1, 0.15) is 0 Å². The Hall–Kier alpha value is -1.75. The molecule has 4 fully saturated rings. The third-order valence-corrected chi connectivity index (χ3v) is 6.76. The zero-order chi connectivity index (χ0) is 17.2. The average molecular weight is 343 g/mol. The molecule has 1 heterocycles. The van der Waals surface area contributed by atoms with E-state index in [4.69, 9.17) is 9.47 Å². The lowest BCUT2D eigenvalue weighted by Crippen LogP contribution is -2.60. The van der Waals surface area contributed by atoms with Gasteiger partial charge in [0.25, 0.3) is 0 Å². The molecule has 0 radical (unpaired) electrons. The molecule has 0 aromatic heterocycles. The van der Waals surface area contributed by atoms with E-state index in [1.165, 1.54) is 6.42 Å². The molecule has 1 aromatic rings. The van der Waals surface area contributed by atoms with Crippen LogP contribution in [-0.2, 0) is 4.79 Å². The molecule has 3 atom stereocenters. The van der Waals surface area contributed by atoms with Gasteiger partial charge >= 0.3 is 0 Å². The molecule has 5 heteroatoms. The summed E-state index contributed by atoms with van der Waals surface area (Å²) in [6.45, 7) is 2.26. The maximum atomic E-state index is 13.2. The second-order valence-electron chi connectivity index (χ2n) is 8.77. The van der Waals surface area contributed by atoms with E-state index < -0.39 is 5.60 Å². The molecular weight excluding hydrogens is 318 g/mol. The van der Waals surface area contributed by atoms with Gasteiger partial charge in [-0.25, -0.2) is 0 Å². The van der Waals surface area contributed by atoms with Gasteiger partial charge in [0.2, 0.25) is 12.7 Å². The van der Waals surface area contributed by atoms with Crippen LogP contribution < -0.4 is 14.8 Å². The van der Waals surface area contributed by atoms with Crippen molar-refractivity contribution in [1.82, 2.24) is 5.32 Å². The Morgan fingerprint density at radius 3 is 2.64 bits per heavy atom. The molecule has 0 unspecified atom stereocenters. The highest BCUT2D eigenvalue weighted by Gasteiger charge is 2.60. The number of hydrogen-bond acceptors (Lipinski definition) is 4. The van der Waals surface area contributed by atoms with E-state index in [9.17, 15) is 9.90 Å². The summed E-state index contributed by atoms with van der Waals surface area (Å²) in [4.78, 5) is 13.2. The number of ether oxygens (including phenoxy) is 2. The first-order chi connectivity index (χ1) is 11.9. The Morgan fingerprint density at radius 1 is 1.20 bits per heavy atom. The molecule has 6 rings (SSSR count). The summed E-state index contributed by atoms with van der Waals surface area (Å²) >= 11 is 0. The lowest BCUT2D eigenvalue weighted by atomic mass is 9.47. The summed E-state index contributed by atoms with van der Waals surface area (Å²) in [6, 6.07) is 5.73. The van der Waals surface area contributed by atoms with Crippen molar-refractivity contribution in [3.05, 3.63) is 23.8 Å². The third kappa shape index (κ3) is 2.43. The van der Waals surface area contributed by atoms with E-state index in [1.807, 2.05) is 25.1 Å². The molecule has 4 saturated carbocycles. The second-order valence-corrected chi connectivity index (χ2v) is 8.77. The van der Waals surface area contributed by atoms with Crippen molar-refractivity contribution in [2.45, 2.75) is 57.1 Å². The van der Waals surface area contributed by atoms with Gasteiger partial charge in [0.05, 0.1) is 17.1 Å². The van der Waals surface area contributed by atoms with Crippen LogP contribution in [-0.4, -0.2) is 23.4 Å². The van der Waals surface area contributed by atoms with Gasteiger partial charge in [0.15, 0.2) is 11.5 Å².